The highest BCUT2D eigenvalue weighted by atomic mass is 16.3. The van der Waals surface area contributed by atoms with Crippen molar-refractivity contribution in [3.8, 4) is 0 Å². The molecule has 0 saturated heterocycles. The summed E-state index contributed by atoms with van der Waals surface area (Å²) in [5.41, 5.74) is 2.75. The molecule has 1 saturated carbocycles. The minimum Gasteiger partial charge on any atom is -0.388 e. The van der Waals surface area contributed by atoms with Crippen LogP contribution in [-0.4, -0.2) is 39.5 Å². The predicted molar refractivity (Wildman–Crippen MR) is 93.5 cm³/mol. The van der Waals surface area contributed by atoms with E-state index >= 15 is 0 Å². The van der Waals surface area contributed by atoms with E-state index < -0.39 is 5.60 Å². The third kappa shape index (κ3) is 4.70. The fourth-order valence-corrected chi connectivity index (χ4v) is 3.18. The van der Waals surface area contributed by atoms with Crippen LogP contribution in [0.3, 0.4) is 0 Å². The number of nitrogens with one attached hydrogen (secondary N) is 2. The van der Waals surface area contributed by atoms with Crippen LogP contribution < -0.4 is 10.6 Å². The molecule has 0 bridgehead atoms. The van der Waals surface area contributed by atoms with Gasteiger partial charge in [0.1, 0.15) is 0 Å². The smallest absolute Gasteiger partial charge is 0.191 e. The molecule has 6 nitrogen and oxygen atoms in total. The van der Waals surface area contributed by atoms with Crippen LogP contribution in [0.4, 0.5) is 0 Å². The summed E-state index contributed by atoms with van der Waals surface area (Å²) in [4.78, 5) is 4.66. The molecule has 1 aliphatic carbocycles. The topological polar surface area (TPSA) is 74.5 Å². The highest BCUT2D eigenvalue weighted by Gasteiger charge is 2.29. The molecular weight excluding hydrogens is 290 g/mol. The van der Waals surface area contributed by atoms with Crippen LogP contribution in [0.1, 0.15) is 56.0 Å². The monoisotopic (exact) mass is 321 g/mol. The Kier molecular flexibility index (Phi) is 6.04. The Labute approximate surface area is 139 Å². The molecule has 130 valence electrons. The van der Waals surface area contributed by atoms with Crippen LogP contribution in [0.25, 0.3) is 0 Å². The van der Waals surface area contributed by atoms with E-state index in [4.69, 9.17) is 0 Å². The van der Waals surface area contributed by atoms with Crippen molar-refractivity contribution in [2.75, 3.05) is 13.1 Å². The molecule has 23 heavy (non-hydrogen) atoms. The molecule has 1 fully saturated rings. The van der Waals surface area contributed by atoms with Crippen LogP contribution in [0, 0.1) is 13.8 Å². The molecule has 6 heteroatoms. The maximum absolute atomic E-state index is 10.6. The number of hydrogen-bond acceptors (Lipinski definition) is 3. The molecule has 0 aromatic carbocycles. The molecule has 1 aromatic rings. The molecular formula is C17H31N5O. The average molecular weight is 321 g/mol. The molecule has 0 radical (unpaired) electrons. The summed E-state index contributed by atoms with van der Waals surface area (Å²) in [6.07, 6.45) is 5.20. The summed E-state index contributed by atoms with van der Waals surface area (Å²) in [5.74, 6) is 0.758. The van der Waals surface area contributed by atoms with Gasteiger partial charge in [0.05, 0.1) is 17.8 Å². The first-order valence-corrected chi connectivity index (χ1v) is 8.69. The molecule has 3 N–H and O–H groups in total. The zero-order valence-corrected chi connectivity index (χ0v) is 14.9. The molecule has 1 aromatic heterocycles. The Balaban J connectivity index is 1.99. The fourth-order valence-electron chi connectivity index (χ4n) is 3.18. The summed E-state index contributed by atoms with van der Waals surface area (Å²) in [6, 6.07) is 0. The van der Waals surface area contributed by atoms with E-state index in [1.54, 1.807) is 0 Å². The summed E-state index contributed by atoms with van der Waals surface area (Å²) < 4.78 is 1.89. The van der Waals surface area contributed by atoms with E-state index in [-0.39, 0.29) is 0 Å². The zero-order chi connectivity index (χ0) is 16.9. The molecule has 0 atom stereocenters. The summed E-state index contributed by atoms with van der Waals surface area (Å²) in [5, 5.41) is 21.6. The number of rotatable bonds is 5. The number of aryl methyl sites for hydroxylation is 2. The van der Waals surface area contributed by atoms with E-state index in [1.165, 1.54) is 12.0 Å². The quantitative estimate of drug-likeness (QED) is 0.571. The molecule has 0 spiro atoms. The van der Waals surface area contributed by atoms with Crippen molar-refractivity contribution in [3.63, 3.8) is 0 Å². The van der Waals surface area contributed by atoms with Gasteiger partial charge in [-0.15, -0.1) is 0 Å². The predicted octanol–water partition coefficient (Wildman–Crippen LogP) is 1.79. The van der Waals surface area contributed by atoms with E-state index in [0.717, 1.165) is 49.6 Å². The van der Waals surface area contributed by atoms with Crippen LogP contribution >= 0.6 is 0 Å². The first kappa shape index (κ1) is 17.8. The average Bonchev–Trinajstić information content (AvgIpc) is 2.76. The highest BCUT2D eigenvalue weighted by molar-refractivity contribution is 5.79. The second-order valence-electron chi connectivity index (χ2n) is 6.61. The third-order valence-electron chi connectivity index (χ3n) is 4.77. The number of hydrogen-bond donors (Lipinski definition) is 3. The van der Waals surface area contributed by atoms with Crippen LogP contribution in [0.2, 0.25) is 0 Å². The van der Waals surface area contributed by atoms with Crippen molar-refractivity contribution in [2.24, 2.45) is 12.0 Å². The van der Waals surface area contributed by atoms with Gasteiger partial charge < -0.3 is 15.7 Å². The maximum Gasteiger partial charge on any atom is 0.191 e. The lowest BCUT2D eigenvalue weighted by atomic mass is 9.85. The van der Waals surface area contributed by atoms with Crippen molar-refractivity contribution in [3.05, 3.63) is 17.0 Å². The van der Waals surface area contributed by atoms with Gasteiger partial charge in [-0.3, -0.25) is 4.68 Å². The molecule has 0 unspecified atom stereocenters. The third-order valence-corrected chi connectivity index (χ3v) is 4.77. The lowest BCUT2D eigenvalue weighted by molar-refractivity contribution is 0.00859. The summed E-state index contributed by atoms with van der Waals surface area (Å²) >= 11 is 0. The largest absolute Gasteiger partial charge is 0.388 e. The maximum atomic E-state index is 10.6. The van der Waals surface area contributed by atoms with Gasteiger partial charge in [-0.1, -0.05) is 19.3 Å². The summed E-state index contributed by atoms with van der Waals surface area (Å²) in [6.45, 7) is 8.09. The van der Waals surface area contributed by atoms with Gasteiger partial charge in [-0.25, -0.2) is 4.99 Å². The second-order valence-corrected chi connectivity index (χ2v) is 6.61. The number of nitrogens with zero attached hydrogens (tertiary/aromatic N) is 3. The Morgan fingerprint density at radius 3 is 2.52 bits per heavy atom. The first-order chi connectivity index (χ1) is 10.9. The number of aliphatic hydroxyl groups is 1. The molecule has 0 aliphatic heterocycles. The van der Waals surface area contributed by atoms with Gasteiger partial charge in [0.2, 0.25) is 0 Å². The van der Waals surface area contributed by atoms with Gasteiger partial charge in [0.25, 0.3) is 0 Å². The Hall–Kier alpha value is -1.56. The van der Waals surface area contributed by atoms with Crippen LogP contribution in [0.5, 0.6) is 0 Å². The Morgan fingerprint density at radius 1 is 1.26 bits per heavy atom. The lowest BCUT2D eigenvalue weighted by Crippen LogP contribution is -2.48. The normalized spacial score (nSPS) is 18.0. The Morgan fingerprint density at radius 2 is 1.96 bits per heavy atom. The summed E-state index contributed by atoms with van der Waals surface area (Å²) in [7, 11) is 1.96. The van der Waals surface area contributed by atoms with E-state index in [2.05, 4.69) is 27.6 Å². The van der Waals surface area contributed by atoms with Crippen LogP contribution in [-0.2, 0) is 13.6 Å². The van der Waals surface area contributed by atoms with Crippen molar-refractivity contribution in [1.29, 1.82) is 0 Å². The fraction of sp³-hybridized carbons (Fsp3) is 0.765. The van der Waals surface area contributed by atoms with Crippen molar-refractivity contribution < 1.29 is 5.11 Å². The highest BCUT2D eigenvalue weighted by Crippen LogP contribution is 2.27. The van der Waals surface area contributed by atoms with Gasteiger partial charge in [0.15, 0.2) is 5.96 Å². The molecule has 1 heterocycles. The number of guanidine groups is 1. The van der Waals surface area contributed by atoms with Gasteiger partial charge in [-0.2, -0.15) is 5.10 Å². The number of aromatic nitrogens is 2. The SMILES string of the molecule is CCNC(=NCc1c(C)nn(C)c1C)NCC1(O)CCCCC1. The minimum atomic E-state index is -0.589. The van der Waals surface area contributed by atoms with Gasteiger partial charge >= 0.3 is 0 Å². The van der Waals surface area contributed by atoms with Gasteiger partial charge in [0, 0.05) is 31.4 Å². The van der Waals surface area contributed by atoms with E-state index in [1.807, 2.05) is 25.6 Å². The van der Waals surface area contributed by atoms with E-state index in [0.29, 0.717) is 13.1 Å². The first-order valence-electron chi connectivity index (χ1n) is 8.69. The second kappa shape index (κ2) is 7.81. The van der Waals surface area contributed by atoms with E-state index in [9.17, 15) is 5.11 Å². The lowest BCUT2D eigenvalue weighted by Gasteiger charge is -2.32. The molecule has 0 amide bonds. The zero-order valence-electron chi connectivity index (χ0n) is 14.9. The van der Waals surface area contributed by atoms with Crippen LogP contribution in [0.15, 0.2) is 4.99 Å². The Bertz CT molecular complexity index is 543. The van der Waals surface area contributed by atoms with Crippen molar-refractivity contribution in [2.45, 2.75) is 65.0 Å². The van der Waals surface area contributed by atoms with Crippen molar-refractivity contribution >= 4 is 5.96 Å². The van der Waals surface area contributed by atoms with Gasteiger partial charge in [-0.05, 0) is 33.6 Å². The van der Waals surface area contributed by atoms with Crippen molar-refractivity contribution in [1.82, 2.24) is 20.4 Å². The standard InChI is InChI=1S/C17H31N5O/c1-5-18-16(20-12-17(23)9-7-6-8-10-17)19-11-15-13(2)21-22(4)14(15)3/h23H,5-12H2,1-4H3,(H2,18,19,20). The minimum absolute atomic E-state index is 0.559. The molecule has 1 aliphatic rings. The number of aliphatic imine (C=N–C) groups is 1. The molecule has 2 rings (SSSR count).